The van der Waals surface area contributed by atoms with E-state index in [0.29, 0.717) is 0 Å². The molecular formula is C22H36N6Si. The van der Waals surface area contributed by atoms with Crippen molar-refractivity contribution in [2.24, 2.45) is 0 Å². The van der Waals surface area contributed by atoms with Crippen LogP contribution in [0.3, 0.4) is 0 Å². The van der Waals surface area contributed by atoms with Crippen molar-refractivity contribution in [2.75, 3.05) is 0 Å². The molecule has 0 spiro atoms. The fourth-order valence-electron chi connectivity index (χ4n) is 3.19. The van der Waals surface area contributed by atoms with E-state index in [1.54, 1.807) is 0 Å². The Hall–Kier alpha value is -2.15. The van der Waals surface area contributed by atoms with E-state index in [1.807, 2.05) is 0 Å². The summed E-state index contributed by atoms with van der Waals surface area (Å²) in [6.45, 7) is 22.0. The van der Waals surface area contributed by atoms with Gasteiger partial charge in [0.05, 0.1) is 17.1 Å². The predicted molar refractivity (Wildman–Crippen MR) is 121 cm³/mol. The third-order valence-electron chi connectivity index (χ3n) is 5.37. The third-order valence-corrected chi connectivity index (χ3v) is 8.73. The molecule has 0 aliphatic heterocycles. The van der Waals surface area contributed by atoms with Gasteiger partial charge in [-0.15, -0.1) is 0 Å². The van der Waals surface area contributed by atoms with Gasteiger partial charge in [0.15, 0.2) is 0 Å². The first-order chi connectivity index (χ1) is 13.1. The van der Waals surface area contributed by atoms with Crippen LogP contribution in [0.5, 0.6) is 0 Å². The minimum absolute atomic E-state index is 0.0120. The first-order valence-electron chi connectivity index (χ1n) is 10.3. The fourth-order valence-corrected chi connectivity index (χ4v) is 5.79. The number of aromatic nitrogens is 6. The summed E-state index contributed by atoms with van der Waals surface area (Å²) in [5.74, 6) is 0. The monoisotopic (exact) mass is 412 g/mol. The minimum Gasteiger partial charge on any atom is -0.258 e. The van der Waals surface area contributed by atoms with Crippen LogP contribution in [0.2, 0.25) is 6.55 Å². The van der Waals surface area contributed by atoms with Crippen molar-refractivity contribution in [2.45, 2.75) is 85.1 Å². The largest absolute Gasteiger partial charge is 0.438 e. The molecule has 3 heterocycles. The molecule has 29 heavy (non-hydrogen) atoms. The van der Waals surface area contributed by atoms with Crippen molar-refractivity contribution in [3.05, 3.63) is 53.9 Å². The predicted octanol–water partition coefficient (Wildman–Crippen LogP) is 4.68. The van der Waals surface area contributed by atoms with Crippen LogP contribution in [-0.2, 0) is 16.2 Å². The summed E-state index contributed by atoms with van der Waals surface area (Å²) < 4.78 is 6.31. The third kappa shape index (κ3) is 3.97. The standard InChI is InChI=1S/C22H36N6Si/c1-20(2,3)17-11-14-26(23-17)29(10,27-15-12-18(24-27)21(4,5)6)28-16-13-19(25-28)22(7,8)9/h11-16H,1-10H3. The van der Waals surface area contributed by atoms with Crippen molar-refractivity contribution < 1.29 is 0 Å². The molecule has 3 aromatic heterocycles. The van der Waals surface area contributed by atoms with Crippen molar-refractivity contribution >= 4 is 8.56 Å². The van der Waals surface area contributed by atoms with E-state index in [2.05, 4.69) is 119 Å². The van der Waals surface area contributed by atoms with E-state index < -0.39 is 8.56 Å². The van der Waals surface area contributed by atoms with Crippen LogP contribution >= 0.6 is 0 Å². The summed E-state index contributed by atoms with van der Waals surface area (Å²) in [5.41, 5.74) is 3.18. The Bertz CT molecular complexity index is 861. The Morgan fingerprint density at radius 1 is 0.552 bits per heavy atom. The van der Waals surface area contributed by atoms with Crippen molar-refractivity contribution in [1.29, 1.82) is 0 Å². The molecule has 0 radical (unpaired) electrons. The molecule has 6 nitrogen and oxygen atoms in total. The molecule has 7 heteroatoms. The van der Waals surface area contributed by atoms with Crippen molar-refractivity contribution in [3.63, 3.8) is 0 Å². The van der Waals surface area contributed by atoms with E-state index in [0.717, 1.165) is 17.1 Å². The first kappa shape index (κ1) is 21.6. The SMILES string of the molecule is CC(C)(C)c1ccn([Si](C)(n2ccc(C(C)(C)C)n2)n2ccc(C(C)(C)C)n2)n1. The van der Waals surface area contributed by atoms with Crippen LogP contribution in [0.25, 0.3) is 0 Å². The van der Waals surface area contributed by atoms with Gasteiger partial charge in [-0.1, -0.05) is 62.3 Å². The van der Waals surface area contributed by atoms with E-state index in [4.69, 9.17) is 15.3 Å². The number of hydrogen-bond acceptors (Lipinski definition) is 3. The van der Waals surface area contributed by atoms with E-state index in [1.165, 1.54) is 0 Å². The van der Waals surface area contributed by atoms with Gasteiger partial charge in [0.25, 0.3) is 0 Å². The van der Waals surface area contributed by atoms with Crippen molar-refractivity contribution in [1.82, 2.24) is 28.3 Å². The molecule has 0 unspecified atom stereocenters. The quantitative estimate of drug-likeness (QED) is 0.587. The normalized spacial score (nSPS) is 13.9. The molecule has 0 saturated heterocycles. The molecule has 0 aliphatic rings. The van der Waals surface area contributed by atoms with Crippen LogP contribution in [0.1, 0.15) is 79.4 Å². The van der Waals surface area contributed by atoms with Gasteiger partial charge in [0, 0.05) is 34.8 Å². The molecule has 3 rings (SSSR count). The maximum Gasteiger partial charge on any atom is 0.438 e. The highest BCUT2D eigenvalue weighted by atomic mass is 28.4. The second kappa shape index (κ2) is 6.69. The number of rotatable bonds is 3. The lowest BCUT2D eigenvalue weighted by Crippen LogP contribution is -2.56. The van der Waals surface area contributed by atoms with Gasteiger partial charge < -0.3 is 0 Å². The van der Waals surface area contributed by atoms with Gasteiger partial charge in [0.2, 0.25) is 0 Å². The van der Waals surface area contributed by atoms with E-state index in [9.17, 15) is 0 Å². The zero-order chi connectivity index (χ0) is 21.8. The smallest absolute Gasteiger partial charge is 0.258 e. The lowest BCUT2D eigenvalue weighted by molar-refractivity contribution is 0.547. The van der Waals surface area contributed by atoms with Crippen LogP contribution in [0.4, 0.5) is 0 Å². The highest BCUT2D eigenvalue weighted by molar-refractivity contribution is 6.73. The molecule has 0 N–H and O–H groups in total. The molecule has 0 bridgehead atoms. The molecule has 0 fully saturated rings. The van der Waals surface area contributed by atoms with Crippen LogP contribution in [0.15, 0.2) is 36.8 Å². The van der Waals surface area contributed by atoms with Gasteiger partial charge in [-0.3, -0.25) is 13.0 Å². The number of hydrogen-bond donors (Lipinski definition) is 0. The summed E-state index contributed by atoms with van der Waals surface area (Å²) in [7, 11) is -2.63. The highest BCUT2D eigenvalue weighted by Crippen LogP contribution is 2.26. The van der Waals surface area contributed by atoms with Gasteiger partial charge in [-0.2, -0.15) is 15.3 Å². The average Bonchev–Trinajstić information content (AvgIpc) is 3.30. The molecule has 0 saturated carbocycles. The summed E-state index contributed by atoms with van der Waals surface area (Å²) in [4.78, 5) is 0. The molecule has 0 amide bonds. The van der Waals surface area contributed by atoms with Gasteiger partial charge in [-0.25, -0.2) is 0 Å². The molecule has 158 valence electrons. The van der Waals surface area contributed by atoms with Crippen LogP contribution in [0, 0.1) is 0 Å². The molecule has 0 atom stereocenters. The summed E-state index contributed by atoms with van der Waals surface area (Å²) in [6.07, 6.45) is 6.26. The molecule has 0 aliphatic carbocycles. The maximum atomic E-state index is 5.01. The first-order valence-corrected chi connectivity index (χ1v) is 12.7. The Balaban J connectivity index is 2.20. The second-order valence-electron chi connectivity index (χ2n) is 11.2. The fraction of sp³-hybridized carbons (Fsp3) is 0.591. The topological polar surface area (TPSA) is 53.5 Å². The van der Waals surface area contributed by atoms with Crippen molar-refractivity contribution in [3.8, 4) is 0 Å². The Morgan fingerprint density at radius 3 is 0.966 bits per heavy atom. The van der Waals surface area contributed by atoms with Crippen LogP contribution in [-0.4, -0.2) is 36.9 Å². The Kier molecular flexibility index (Phi) is 4.97. The lowest BCUT2D eigenvalue weighted by atomic mass is 9.93. The second-order valence-corrected chi connectivity index (χ2v) is 14.5. The maximum absolute atomic E-state index is 5.01. The molecule has 0 aromatic carbocycles. The molecule has 3 aromatic rings. The number of nitrogens with zero attached hydrogens (tertiary/aromatic N) is 6. The summed E-state index contributed by atoms with van der Waals surface area (Å²) in [5, 5.41) is 15.0. The van der Waals surface area contributed by atoms with Gasteiger partial charge in [-0.05, 0) is 24.7 Å². The zero-order valence-electron chi connectivity index (χ0n) is 19.6. The summed E-state index contributed by atoms with van der Waals surface area (Å²) >= 11 is 0. The van der Waals surface area contributed by atoms with E-state index in [-0.39, 0.29) is 16.2 Å². The van der Waals surface area contributed by atoms with Gasteiger partial charge >= 0.3 is 8.56 Å². The Morgan fingerprint density at radius 2 is 0.793 bits per heavy atom. The minimum atomic E-state index is -2.63. The average molecular weight is 413 g/mol. The van der Waals surface area contributed by atoms with Gasteiger partial charge in [0.1, 0.15) is 0 Å². The van der Waals surface area contributed by atoms with E-state index >= 15 is 0 Å². The lowest BCUT2D eigenvalue weighted by Gasteiger charge is -2.28. The molecular weight excluding hydrogens is 376 g/mol. The highest BCUT2D eigenvalue weighted by Gasteiger charge is 2.41. The zero-order valence-corrected chi connectivity index (χ0v) is 20.6. The van der Waals surface area contributed by atoms with Crippen LogP contribution < -0.4 is 0 Å². The summed E-state index contributed by atoms with van der Waals surface area (Å²) in [6, 6.07) is 6.36. The Labute approximate surface area is 176 Å².